The predicted molar refractivity (Wildman–Crippen MR) is 85.0 cm³/mol. The van der Waals surface area contributed by atoms with Crippen LogP contribution in [0.5, 0.6) is 0 Å². The van der Waals surface area contributed by atoms with Gasteiger partial charge in [-0.1, -0.05) is 30.3 Å². The second kappa shape index (κ2) is 6.23. The van der Waals surface area contributed by atoms with Crippen molar-refractivity contribution >= 4 is 22.8 Å². The van der Waals surface area contributed by atoms with Crippen LogP contribution in [-0.4, -0.2) is 21.8 Å². The number of benzene rings is 1. The maximum Gasteiger partial charge on any atom is 0.263 e. The van der Waals surface area contributed by atoms with Crippen molar-refractivity contribution in [1.29, 1.82) is 0 Å². The molecular weight excluding hydrogens is 294 g/mol. The highest BCUT2D eigenvalue weighted by Crippen LogP contribution is 2.04. The molecule has 2 N–H and O–H groups in total. The fourth-order valence-electron chi connectivity index (χ4n) is 2.23. The Morgan fingerprint density at radius 2 is 1.87 bits per heavy atom. The van der Waals surface area contributed by atoms with Gasteiger partial charge >= 0.3 is 0 Å². The quantitative estimate of drug-likeness (QED) is 0.765. The molecule has 1 aromatic carbocycles. The van der Waals surface area contributed by atoms with Crippen molar-refractivity contribution in [2.24, 2.45) is 0 Å². The number of fused-ring (bicyclic) bond motifs is 1. The van der Waals surface area contributed by atoms with E-state index in [9.17, 15) is 14.4 Å². The Morgan fingerprint density at radius 1 is 1.09 bits per heavy atom. The van der Waals surface area contributed by atoms with Gasteiger partial charge in [0.2, 0.25) is 11.3 Å². The number of imide groups is 1. The van der Waals surface area contributed by atoms with Crippen LogP contribution < -0.4 is 10.7 Å². The van der Waals surface area contributed by atoms with Crippen LogP contribution in [0.2, 0.25) is 0 Å². The monoisotopic (exact) mass is 307 g/mol. The number of hydrogen-bond donors (Lipinski definition) is 2. The van der Waals surface area contributed by atoms with Gasteiger partial charge < -0.3 is 4.98 Å². The van der Waals surface area contributed by atoms with Gasteiger partial charge in [-0.05, 0) is 17.7 Å². The van der Waals surface area contributed by atoms with Gasteiger partial charge in [-0.25, -0.2) is 0 Å². The number of H-pyrrole nitrogens is 1. The summed E-state index contributed by atoms with van der Waals surface area (Å²) in [5.41, 5.74) is 0.828. The smallest absolute Gasteiger partial charge is 0.263 e. The number of nitrogens with one attached hydrogen (secondary N) is 2. The topological polar surface area (TPSA) is 91.9 Å². The summed E-state index contributed by atoms with van der Waals surface area (Å²) in [5.74, 6) is -1.21. The van der Waals surface area contributed by atoms with E-state index in [1.54, 1.807) is 24.3 Å². The van der Waals surface area contributed by atoms with Crippen LogP contribution in [0.3, 0.4) is 0 Å². The van der Waals surface area contributed by atoms with Gasteiger partial charge in [-0.15, -0.1) is 0 Å². The molecule has 6 nitrogen and oxygen atoms in total. The molecule has 0 saturated heterocycles. The molecule has 2 heterocycles. The third-order valence-corrected chi connectivity index (χ3v) is 3.34. The lowest BCUT2D eigenvalue weighted by atomic mass is 10.1. The first kappa shape index (κ1) is 14.6. The van der Waals surface area contributed by atoms with Crippen LogP contribution in [0.1, 0.15) is 15.9 Å². The summed E-state index contributed by atoms with van der Waals surface area (Å²) in [4.78, 5) is 43.1. The lowest BCUT2D eigenvalue weighted by Gasteiger charge is -2.05. The van der Waals surface area contributed by atoms with Crippen molar-refractivity contribution in [2.75, 3.05) is 0 Å². The van der Waals surface area contributed by atoms with Gasteiger partial charge in [0.05, 0.1) is 11.9 Å². The summed E-state index contributed by atoms with van der Waals surface area (Å²) in [6, 6.07) is 12.4. The minimum Gasteiger partial charge on any atom is -0.359 e. The Morgan fingerprint density at radius 3 is 2.65 bits per heavy atom. The van der Waals surface area contributed by atoms with Crippen molar-refractivity contribution in [1.82, 2.24) is 15.3 Å². The summed E-state index contributed by atoms with van der Waals surface area (Å²) in [5, 5.41) is 2.22. The van der Waals surface area contributed by atoms with Crippen LogP contribution in [0.15, 0.2) is 59.7 Å². The zero-order valence-corrected chi connectivity index (χ0v) is 12.1. The third kappa shape index (κ3) is 3.16. The molecule has 114 valence electrons. The van der Waals surface area contributed by atoms with Crippen molar-refractivity contribution in [2.45, 2.75) is 6.42 Å². The summed E-state index contributed by atoms with van der Waals surface area (Å²) in [6.45, 7) is 0. The first-order chi connectivity index (χ1) is 11.1. The second-order valence-corrected chi connectivity index (χ2v) is 4.97. The van der Waals surface area contributed by atoms with Crippen LogP contribution in [0.4, 0.5) is 0 Å². The van der Waals surface area contributed by atoms with E-state index in [0.717, 1.165) is 5.56 Å². The summed E-state index contributed by atoms with van der Waals surface area (Å²) in [7, 11) is 0. The molecule has 0 radical (unpaired) electrons. The molecule has 0 spiro atoms. The van der Waals surface area contributed by atoms with E-state index in [1.807, 2.05) is 18.2 Å². The Balaban J connectivity index is 1.80. The van der Waals surface area contributed by atoms with E-state index in [4.69, 9.17) is 0 Å². The highest BCUT2D eigenvalue weighted by molar-refractivity contribution is 6.05. The number of rotatable bonds is 3. The Hall–Kier alpha value is -3.28. The molecule has 0 fully saturated rings. The van der Waals surface area contributed by atoms with Crippen molar-refractivity contribution in [3.05, 3.63) is 76.2 Å². The molecule has 0 aliphatic rings. The molecule has 3 aromatic rings. The fraction of sp³-hybridized carbons (Fsp3) is 0.0588. The average molecular weight is 307 g/mol. The third-order valence-electron chi connectivity index (χ3n) is 3.34. The number of nitrogens with zero attached hydrogens (tertiary/aromatic N) is 1. The highest BCUT2D eigenvalue weighted by atomic mass is 16.2. The maximum absolute atomic E-state index is 12.3. The Labute approximate surface area is 131 Å². The summed E-state index contributed by atoms with van der Waals surface area (Å²) < 4.78 is 0. The molecule has 0 aliphatic heterocycles. The lowest BCUT2D eigenvalue weighted by Crippen LogP contribution is -2.35. The van der Waals surface area contributed by atoms with E-state index in [2.05, 4.69) is 15.3 Å². The molecule has 2 amide bonds. The number of amides is 2. The molecule has 0 bridgehead atoms. The SMILES string of the molecule is O=C(Cc1ccccc1)NC(=O)c1c[nH]c2cccnc2c1=O. The Kier molecular flexibility index (Phi) is 3.97. The highest BCUT2D eigenvalue weighted by Gasteiger charge is 2.16. The lowest BCUT2D eigenvalue weighted by molar-refractivity contribution is -0.119. The van der Waals surface area contributed by atoms with Crippen LogP contribution in [0, 0.1) is 0 Å². The summed E-state index contributed by atoms with van der Waals surface area (Å²) in [6.07, 6.45) is 2.83. The van der Waals surface area contributed by atoms with E-state index in [0.29, 0.717) is 5.52 Å². The van der Waals surface area contributed by atoms with E-state index < -0.39 is 17.2 Å². The van der Waals surface area contributed by atoms with E-state index >= 15 is 0 Å². The average Bonchev–Trinajstić information content (AvgIpc) is 2.56. The molecule has 6 heteroatoms. The largest absolute Gasteiger partial charge is 0.359 e. The van der Waals surface area contributed by atoms with Gasteiger partial charge in [0.15, 0.2) is 0 Å². The molecule has 2 aromatic heterocycles. The number of carbonyl (C=O) groups is 2. The second-order valence-electron chi connectivity index (χ2n) is 4.97. The minimum atomic E-state index is -0.736. The Bertz CT molecular complexity index is 932. The van der Waals surface area contributed by atoms with E-state index in [-0.39, 0.29) is 17.5 Å². The molecule has 23 heavy (non-hydrogen) atoms. The molecular formula is C17H13N3O3. The number of pyridine rings is 2. The maximum atomic E-state index is 12.3. The van der Waals surface area contributed by atoms with Crippen LogP contribution in [0.25, 0.3) is 11.0 Å². The normalized spacial score (nSPS) is 10.4. The van der Waals surface area contributed by atoms with Crippen LogP contribution in [-0.2, 0) is 11.2 Å². The molecule has 0 saturated carbocycles. The number of hydrogen-bond acceptors (Lipinski definition) is 4. The van der Waals surface area contributed by atoms with Crippen molar-refractivity contribution < 1.29 is 9.59 Å². The number of aromatic amines is 1. The molecule has 0 aliphatic carbocycles. The fourth-order valence-corrected chi connectivity index (χ4v) is 2.23. The standard InChI is InChI=1S/C17H13N3O3/c21-14(9-11-5-2-1-3-6-11)20-17(23)12-10-19-13-7-4-8-18-15(13)16(12)22/h1-8,10H,9H2,(H,19,22)(H,20,21,23). The minimum absolute atomic E-state index is 0.0658. The number of carbonyl (C=O) groups excluding carboxylic acids is 2. The number of aromatic nitrogens is 2. The molecule has 0 unspecified atom stereocenters. The zero-order chi connectivity index (χ0) is 16.2. The molecule has 0 atom stereocenters. The first-order valence-electron chi connectivity index (χ1n) is 6.99. The summed E-state index contributed by atoms with van der Waals surface area (Å²) >= 11 is 0. The van der Waals surface area contributed by atoms with Crippen molar-refractivity contribution in [3.63, 3.8) is 0 Å². The van der Waals surface area contributed by atoms with Gasteiger partial charge in [0.25, 0.3) is 5.91 Å². The van der Waals surface area contributed by atoms with Gasteiger partial charge in [0.1, 0.15) is 11.1 Å². The van der Waals surface area contributed by atoms with Crippen molar-refractivity contribution in [3.8, 4) is 0 Å². The van der Waals surface area contributed by atoms with Gasteiger partial charge in [0, 0.05) is 12.4 Å². The van der Waals surface area contributed by atoms with Gasteiger partial charge in [-0.2, -0.15) is 0 Å². The van der Waals surface area contributed by atoms with E-state index in [1.165, 1.54) is 12.4 Å². The zero-order valence-electron chi connectivity index (χ0n) is 12.1. The van der Waals surface area contributed by atoms with Crippen LogP contribution >= 0.6 is 0 Å². The molecule has 3 rings (SSSR count). The first-order valence-corrected chi connectivity index (χ1v) is 6.99. The van der Waals surface area contributed by atoms with Gasteiger partial charge in [-0.3, -0.25) is 24.7 Å². The predicted octanol–water partition coefficient (Wildman–Crippen LogP) is 1.42.